The second kappa shape index (κ2) is 20.7. The summed E-state index contributed by atoms with van der Waals surface area (Å²) in [7, 11) is 0. The molecule has 0 saturated heterocycles. The van der Waals surface area contributed by atoms with Crippen LogP contribution in [0, 0.1) is 0 Å². The Morgan fingerprint density at radius 2 is 1.68 bits per heavy atom. The molecule has 0 aliphatic rings. The molecule has 0 atom stereocenters. The summed E-state index contributed by atoms with van der Waals surface area (Å²) in [6.07, 6.45) is 14.0. The summed E-state index contributed by atoms with van der Waals surface area (Å²) in [5.74, 6) is 0.544. The van der Waals surface area contributed by atoms with E-state index in [1.54, 1.807) is 0 Å². The molecule has 1 aromatic rings. The predicted molar refractivity (Wildman–Crippen MR) is 127 cm³/mol. The number of hydrogen-bond donors (Lipinski definition) is 4. The van der Waals surface area contributed by atoms with Gasteiger partial charge in [0.15, 0.2) is 0 Å². The molecule has 9 nitrogen and oxygen atoms in total. The molecule has 0 unspecified atom stereocenters. The van der Waals surface area contributed by atoms with Gasteiger partial charge in [0.25, 0.3) is 0 Å². The fourth-order valence-electron chi connectivity index (χ4n) is 2.81. The lowest BCUT2D eigenvalue weighted by molar-refractivity contribution is -0.236. The highest BCUT2D eigenvalue weighted by atomic mass is 32.2. The first kappa shape index (κ1) is 27.9. The number of nitrogens with one attached hydrogen (secondary N) is 3. The molecule has 0 spiro atoms. The van der Waals surface area contributed by atoms with E-state index >= 15 is 0 Å². The summed E-state index contributed by atoms with van der Waals surface area (Å²) in [6.45, 7) is 4.46. The average molecular weight is 478 g/mol. The minimum absolute atomic E-state index is 0.205. The highest BCUT2D eigenvalue weighted by molar-refractivity contribution is 7.99. The van der Waals surface area contributed by atoms with Crippen molar-refractivity contribution in [2.24, 2.45) is 0 Å². The first-order valence-corrected chi connectivity index (χ1v) is 13.1. The van der Waals surface area contributed by atoms with E-state index in [-0.39, 0.29) is 12.6 Å². The van der Waals surface area contributed by atoms with Crippen LogP contribution in [0.3, 0.4) is 0 Å². The Kier molecular flexibility index (Phi) is 18.7. The third-order valence-electron chi connectivity index (χ3n) is 4.49. The number of amides is 2. The molecule has 0 aliphatic carbocycles. The van der Waals surface area contributed by atoms with Gasteiger partial charge in [0.2, 0.25) is 10.3 Å². The van der Waals surface area contributed by atoms with Crippen molar-refractivity contribution in [3.63, 3.8) is 0 Å². The van der Waals surface area contributed by atoms with Crippen molar-refractivity contribution in [1.29, 1.82) is 0 Å². The van der Waals surface area contributed by atoms with E-state index in [0.29, 0.717) is 29.2 Å². The molecule has 0 aromatic carbocycles. The van der Waals surface area contributed by atoms with E-state index in [1.165, 1.54) is 69.5 Å². The number of hydrogen-bond acceptors (Lipinski definition) is 9. The Morgan fingerprint density at radius 3 is 2.39 bits per heavy atom. The molecule has 180 valence electrons. The monoisotopic (exact) mass is 477 g/mol. The van der Waals surface area contributed by atoms with Gasteiger partial charge in [0.05, 0.1) is 6.61 Å². The second-order valence-electron chi connectivity index (χ2n) is 7.22. The predicted octanol–water partition coefficient (Wildman–Crippen LogP) is 5.07. The highest BCUT2D eigenvalue weighted by Gasteiger charge is 2.06. The largest absolute Gasteiger partial charge is 0.381 e. The lowest BCUT2D eigenvalue weighted by atomic mass is 10.1. The molecule has 0 aliphatic heterocycles. The fourth-order valence-corrected chi connectivity index (χ4v) is 4.12. The van der Waals surface area contributed by atoms with Gasteiger partial charge in [0, 0.05) is 37.0 Å². The number of carbonyl (C=O) groups is 1. The zero-order valence-electron chi connectivity index (χ0n) is 18.7. The van der Waals surface area contributed by atoms with Crippen LogP contribution in [0.25, 0.3) is 0 Å². The van der Waals surface area contributed by atoms with Gasteiger partial charge < -0.3 is 10.1 Å². The Hall–Kier alpha value is -1.14. The van der Waals surface area contributed by atoms with Crippen LogP contribution < -0.4 is 16.2 Å². The lowest BCUT2D eigenvalue weighted by Crippen LogP contribution is -2.39. The molecule has 1 aromatic heterocycles. The number of aromatic nitrogens is 2. The quantitative estimate of drug-likeness (QED) is 0.0838. The van der Waals surface area contributed by atoms with E-state index in [2.05, 4.69) is 37.3 Å². The first-order chi connectivity index (χ1) is 15.3. The van der Waals surface area contributed by atoms with E-state index in [4.69, 9.17) is 9.99 Å². The second-order valence-corrected chi connectivity index (χ2v) is 9.03. The molecular formula is C20H39N5O4S2. The van der Waals surface area contributed by atoms with Gasteiger partial charge in [-0.15, -0.1) is 0 Å². The Balaban J connectivity index is 1.84. The van der Waals surface area contributed by atoms with Crippen LogP contribution in [0.1, 0.15) is 77.6 Å². The first-order valence-electron chi connectivity index (χ1n) is 11.4. The van der Waals surface area contributed by atoms with Crippen LogP contribution in [0.15, 0.2) is 5.16 Å². The molecule has 31 heavy (non-hydrogen) atoms. The van der Waals surface area contributed by atoms with Gasteiger partial charge in [-0.1, -0.05) is 76.5 Å². The summed E-state index contributed by atoms with van der Waals surface area (Å²) in [6, 6.07) is -0.326. The van der Waals surface area contributed by atoms with Crippen molar-refractivity contribution in [3.05, 3.63) is 0 Å². The zero-order valence-corrected chi connectivity index (χ0v) is 20.3. The molecule has 11 heteroatoms. The summed E-state index contributed by atoms with van der Waals surface area (Å²) in [5.41, 5.74) is 5.24. The number of nitrogens with zero attached hydrogens (tertiary/aromatic N) is 2. The Bertz CT molecular complexity index is 551. The molecule has 1 heterocycles. The van der Waals surface area contributed by atoms with Gasteiger partial charge in [-0.25, -0.2) is 15.1 Å². The number of urea groups is 1. The maximum atomic E-state index is 11.7. The summed E-state index contributed by atoms with van der Waals surface area (Å²) >= 11 is 2.49. The van der Waals surface area contributed by atoms with Crippen LogP contribution >= 0.6 is 23.3 Å². The minimum Gasteiger partial charge on any atom is -0.381 e. The smallest absolute Gasteiger partial charge is 0.333 e. The maximum absolute atomic E-state index is 11.7. The van der Waals surface area contributed by atoms with E-state index in [1.807, 2.05) is 0 Å². The standard InChI is InChI=1S/C20H39N5O4S2/c1-2-3-4-5-6-7-8-9-10-11-14-28-15-12-13-21-18(26)23-24-19-22-20(25-31-19)30-17-16-29-27/h27H,2-17H2,1H3,(H2,21,23,26)(H,22,24,25). The number of anilines is 1. The average Bonchev–Trinajstić information content (AvgIpc) is 3.23. The number of unbranched alkanes of at least 4 members (excludes halogenated alkanes) is 9. The lowest BCUT2D eigenvalue weighted by Gasteiger charge is -2.08. The van der Waals surface area contributed by atoms with E-state index in [0.717, 1.165) is 31.0 Å². The number of rotatable bonds is 21. The van der Waals surface area contributed by atoms with Crippen LogP contribution in [0.5, 0.6) is 0 Å². The number of hydrazine groups is 1. The fraction of sp³-hybridized carbons (Fsp3) is 0.850. The third kappa shape index (κ3) is 17.1. The molecular weight excluding hydrogens is 438 g/mol. The molecule has 1 rings (SSSR count). The van der Waals surface area contributed by atoms with Crippen molar-refractivity contribution in [1.82, 2.24) is 20.1 Å². The maximum Gasteiger partial charge on any atom is 0.333 e. The van der Waals surface area contributed by atoms with E-state index in [9.17, 15) is 4.79 Å². The Labute approximate surface area is 194 Å². The number of ether oxygens (including phenoxy) is 1. The van der Waals surface area contributed by atoms with Gasteiger partial charge in [0.1, 0.15) is 0 Å². The normalized spacial score (nSPS) is 10.9. The molecule has 0 bridgehead atoms. The third-order valence-corrected chi connectivity index (χ3v) is 6.05. The summed E-state index contributed by atoms with van der Waals surface area (Å²) in [5, 5.41) is 12.1. The molecule has 2 amide bonds. The minimum atomic E-state index is -0.326. The number of thioether (sulfide) groups is 1. The van der Waals surface area contributed by atoms with Gasteiger partial charge in [-0.05, 0) is 12.8 Å². The van der Waals surface area contributed by atoms with Crippen LogP contribution in [0.2, 0.25) is 0 Å². The van der Waals surface area contributed by atoms with Crippen molar-refractivity contribution in [2.75, 3.05) is 37.5 Å². The Morgan fingerprint density at radius 1 is 1.00 bits per heavy atom. The molecule has 4 N–H and O–H groups in total. The molecule has 0 saturated carbocycles. The number of carbonyl (C=O) groups excluding carboxylic acids is 1. The molecule has 0 radical (unpaired) electrons. The van der Waals surface area contributed by atoms with Crippen LogP contribution in [-0.4, -0.2) is 52.8 Å². The summed E-state index contributed by atoms with van der Waals surface area (Å²) < 4.78 is 9.75. The SMILES string of the molecule is CCCCCCCCCCCCOCCCNC(=O)NNc1nc(SCCOO)ns1. The summed E-state index contributed by atoms with van der Waals surface area (Å²) in [4.78, 5) is 19.9. The van der Waals surface area contributed by atoms with Gasteiger partial charge >= 0.3 is 6.03 Å². The van der Waals surface area contributed by atoms with Crippen molar-refractivity contribution in [2.45, 2.75) is 82.7 Å². The zero-order chi connectivity index (χ0) is 22.4. The van der Waals surface area contributed by atoms with Crippen molar-refractivity contribution < 1.29 is 19.7 Å². The van der Waals surface area contributed by atoms with Crippen LogP contribution in [-0.2, 0) is 9.62 Å². The van der Waals surface area contributed by atoms with Crippen molar-refractivity contribution in [3.8, 4) is 0 Å². The topological polar surface area (TPSA) is 118 Å². The van der Waals surface area contributed by atoms with Crippen LogP contribution in [0.4, 0.5) is 9.93 Å². The van der Waals surface area contributed by atoms with Crippen molar-refractivity contribution >= 4 is 34.5 Å². The molecule has 0 fully saturated rings. The van der Waals surface area contributed by atoms with Gasteiger partial charge in [-0.3, -0.25) is 10.7 Å². The van der Waals surface area contributed by atoms with Gasteiger partial charge in [-0.2, -0.15) is 9.36 Å². The highest BCUT2D eigenvalue weighted by Crippen LogP contribution is 2.19. The van der Waals surface area contributed by atoms with E-state index < -0.39 is 0 Å².